The summed E-state index contributed by atoms with van der Waals surface area (Å²) in [5, 5.41) is 4.14. The fourth-order valence-corrected chi connectivity index (χ4v) is 3.80. The highest BCUT2D eigenvalue weighted by Gasteiger charge is 2.51. The van der Waals surface area contributed by atoms with Gasteiger partial charge in [0.2, 0.25) is 0 Å². The van der Waals surface area contributed by atoms with E-state index in [1.54, 1.807) is 17.1 Å². The largest absolute Gasteiger partial charge is 0.494 e. The summed E-state index contributed by atoms with van der Waals surface area (Å²) in [4.78, 5) is 14.9. The molecule has 1 aromatic carbocycles. The minimum absolute atomic E-state index is 0.000340. The summed E-state index contributed by atoms with van der Waals surface area (Å²) in [7, 11) is 1.44. The molecule has 0 unspecified atom stereocenters. The van der Waals surface area contributed by atoms with Gasteiger partial charge in [0, 0.05) is 25.5 Å². The molecule has 0 bridgehead atoms. The second-order valence-corrected chi connectivity index (χ2v) is 8.79. The average molecular weight is 381 g/mol. The Morgan fingerprint density at radius 3 is 2.50 bits per heavy atom. The molecule has 28 heavy (non-hydrogen) atoms. The molecule has 1 saturated heterocycles. The van der Waals surface area contributed by atoms with E-state index in [2.05, 4.69) is 38.9 Å². The van der Waals surface area contributed by atoms with Crippen LogP contribution >= 0.6 is 0 Å². The third-order valence-electron chi connectivity index (χ3n) is 6.19. The van der Waals surface area contributed by atoms with Crippen LogP contribution in [0.4, 0.5) is 5.69 Å². The fourth-order valence-electron chi connectivity index (χ4n) is 3.80. The molecule has 0 radical (unpaired) electrons. The van der Waals surface area contributed by atoms with Crippen LogP contribution in [0.2, 0.25) is 0 Å². The minimum Gasteiger partial charge on any atom is -0.399 e. The number of anilines is 1. The molecule has 0 aliphatic carbocycles. The first kappa shape index (κ1) is 19.2. The zero-order chi connectivity index (χ0) is 20.1. The molecule has 0 N–H and O–H groups in total. The summed E-state index contributed by atoms with van der Waals surface area (Å²) in [6.45, 7) is 8.96. The topological polar surface area (TPSA) is 56.6 Å². The van der Waals surface area contributed by atoms with Gasteiger partial charge in [-0.2, -0.15) is 5.10 Å². The maximum absolute atomic E-state index is 13.1. The highest BCUT2D eigenvalue weighted by Crippen LogP contribution is 2.37. The zero-order valence-corrected chi connectivity index (χ0v) is 17.4. The molecule has 0 saturated carbocycles. The molecule has 2 aliphatic heterocycles. The van der Waals surface area contributed by atoms with Crippen molar-refractivity contribution in [2.75, 3.05) is 11.4 Å². The van der Waals surface area contributed by atoms with Gasteiger partial charge in [-0.3, -0.25) is 9.48 Å². The van der Waals surface area contributed by atoms with Gasteiger partial charge in [-0.15, -0.1) is 0 Å². The number of benzene rings is 1. The third kappa shape index (κ3) is 3.27. The number of hydrogen-bond donors (Lipinski definition) is 0. The normalized spacial score (nSPS) is 20.8. The van der Waals surface area contributed by atoms with Gasteiger partial charge in [0.25, 0.3) is 5.91 Å². The maximum Gasteiger partial charge on any atom is 0.494 e. The van der Waals surface area contributed by atoms with E-state index in [-0.39, 0.29) is 24.2 Å². The van der Waals surface area contributed by atoms with E-state index < -0.39 is 0 Å². The van der Waals surface area contributed by atoms with Crippen molar-refractivity contribution in [3.8, 4) is 0 Å². The van der Waals surface area contributed by atoms with Crippen LogP contribution in [0, 0.1) is 0 Å². The Morgan fingerprint density at radius 2 is 1.86 bits per heavy atom. The molecule has 2 aliphatic rings. The number of hydrogen-bond acceptors (Lipinski definition) is 4. The van der Waals surface area contributed by atoms with Crippen molar-refractivity contribution in [1.29, 1.82) is 0 Å². The summed E-state index contributed by atoms with van der Waals surface area (Å²) in [6, 6.07) is 6.21. The van der Waals surface area contributed by atoms with Gasteiger partial charge in [0.05, 0.1) is 23.0 Å². The van der Waals surface area contributed by atoms with E-state index in [1.807, 2.05) is 24.1 Å². The highest BCUT2D eigenvalue weighted by molar-refractivity contribution is 6.62. The van der Waals surface area contributed by atoms with Crippen molar-refractivity contribution in [2.24, 2.45) is 7.05 Å². The summed E-state index contributed by atoms with van der Waals surface area (Å²) < 4.78 is 14.1. The van der Waals surface area contributed by atoms with Crippen LogP contribution in [0.15, 0.2) is 30.6 Å². The van der Waals surface area contributed by atoms with Gasteiger partial charge in [0.1, 0.15) is 0 Å². The molecule has 1 aromatic heterocycles. The average Bonchev–Trinajstić information content (AvgIpc) is 3.06. The molecule has 0 atom stereocenters. The highest BCUT2D eigenvalue weighted by atomic mass is 16.7. The minimum atomic E-state index is -0.388. The lowest BCUT2D eigenvalue weighted by molar-refractivity contribution is 0.00578. The number of carbonyl (C=O) groups is 1. The molecule has 0 spiro atoms. The smallest absolute Gasteiger partial charge is 0.399 e. The number of amides is 1. The number of carbonyl (C=O) groups excluding carboxylic acids is 1. The Labute approximate surface area is 167 Å². The van der Waals surface area contributed by atoms with Crippen molar-refractivity contribution in [3.63, 3.8) is 0 Å². The second kappa shape index (κ2) is 6.74. The predicted octanol–water partition coefficient (Wildman–Crippen LogP) is 2.70. The molecule has 6 nitrogen and oxygen atoms in total. The number of aryl methyl sites for hydroxylation is 2. The monoisotopic (exact) mass is 381 g/mol. The first-order valence-electron chi connectivity index (χ1n) is 9.97. The van der Waals surface area contributed by atoms with Crippen molar-refractivity contribution in [2.45, 2.75) is 58.2 Å². The van der Waals surface area contributed by atoms with E-state index >= 15 is 0 Å². The van der Waals surface area contributed by atoms with Crippen molar-refractivity contribution < 1.29 is 14.1 Å². The van der Waals surface area contributed by atoms with Crippen molar-refractivity contribution >= 4 is 24.2 Å². The standard InChI is InChI=1S/C21H28BN3O3/c1-20(2)21(3,4)28-22(27-20)17-9-10-18-15(12-17)8-6-7-11-25(18)19(26)16-13-23-24(5)14-16/h9-10,12-14H,6-8,11H2,1-5H3. The molecule has 1 amide bonds. The molecule has 1 fully saturated rings. The molecule has 148 valence electrons. The molecule has 3 heterocycles. The van der Waals surface area contributed by atoms with E-state index in [1.165, 1.54) is 5.56 Å². The number of nitrogens with zero attached hydrogens (tertiary/aromatic N) is 3. The predicted molar refractivity (Wildman–Crippen MR) is 110 cm³/mol. The van der Waals surface area contributed by atoms with Crippen LogP contribution in [-0.4, -0.2) is 40.6 Å². The zero-order valence-electron chi connectivity index (χ0n) is 17.4. The van der Waals surface area contributed by atoms with E-state index in [0.29, 0.717) is 5.56 Å². The maximum atomic E-state index is 13.1. The van der Waals surface area contributed by atoms with Gasteiger partial charge < -0.3 is 14.2 Å². The molecular weight excluding hydrogens is 353 g/mol. The third-order valence-corrected chi connectivity index (χ3v) is 6.19. The lowest BCUT2D eigenvalue weighted by Crippen LogP contribution is -2.41. The Morgan fingerprint density at radius 1 is 1.14 bits per heavy atom. The summed E-state index contributed by atoms with van der Waals surface area (Å²) in [6.07, 6.45) is 6.37. The SMILES string of the molecule is Cn1cc(C(=O)N2CCCCc3cc(B4OC(C)(C)C(C)(C)O4)ccc32)cn1. The van der Waals surface area contributed by atoms with Gasteiger partial charge in [-0.25, -0.2) is 0 Å². The van der Waals surface area contributed by atoms with E-state index in [0.717, 1.165) is 37.0 Å². The van der Waals surface area contributed by atoms with E-state index in [9.17, 15) is 4.79 Å². The Hall–Kier alpha value is -2.12. The molecule has 7 heteroatoms. The van der Waals surface area contributed by atoms with Crippen LogP contribution < -0.4 is 10.4 Å². The van der Waals surface area contributed by atoms with Crippen molar-refractivity contribution in [1.82, 2.24) is 9.78 Å². The molecule has 2 aromatic rings. The Balaban J connectivity index is 1.65. The number of rotatable bonds is 2. The number of fused-ring (bicyclic) bond motifs is 1. The second-order valence-electron chi connectivity index (χ2n) is 8.79. The first-order valence-corrected chi connectivity index (χ1v) is 9.97. The van der Waals surface area contributed by atoms with Crippen LogP contribution in [0.1, 0.15) is 56.5 Å². The quantitative estimate of drug-likeness (QED) is 0.751. The Kier molecular flexibility index (Phi) is 4.63. The molecule has 4 rings (SSSR count). The summed E-state index contributed by atoms with van der Waals surface area (Å²) >= 11 is 0. The fraction of sp³-hybridized carbons (Fsp3) is 0.524. The lowest BCUT2D eigenvalue weighted by Gasteiger charge is -2.32. The van der Waals surface area contributed by atoms with Gasteiger partial charge in [0.15, 0.2) is 0 Å². The van der Waals surface area contributed by atoms with Crippen molar-refractivity contribution in [3.05, 3.63) is 41.7 Å². The van der Waals surface area contributed by atoms with Crippen LogP contribution in [0.5, 0.6) is 0 Å². The number of aromatic nitrogens is 2. The van der Waals surface area contributed by atoms with Crippen LogP contribution in [0.25, 0.3) is 0 Å². The molecular formula is C21H28BN3O3. The van der Waals surface area contributed by atoms with Gasteiger partial charge in [-0.1, -0.05) is 12.1 Å². The summed E-state index contributed by atoms with van der Waals surface area (Å²) in [5.41, 5.74) is 3.03. The van der Waals surface area contributed by atoms with Crippen LogP contribution in [0.3, 0.4) is 0 Å². The first-order chi connectivity index (χ1) is 13.2. The Bertz CT molecular complexity index is 890. The summed E-state index contributed by atoms with van der Waals surface area (Å²) in [5.74, 6) is -0.000340. The van der Waals surface area contributed by atoms with Crippen LogP contribution in [-0.2, 0) is 22.8 Å². The lowest BCUT2D eigenvalue weighted by atomic mass is 9.78. The van der Waals surface area contributed by atoms with Gasteiger partial charge >= 0.3 is 7.12 Å². The van der Waals surface area contributed by atoms with E-state index in [4.69, 9.17) is 9.31 Å². The van der Waals surface area contributed by atoms with Gasteiger partial charge in [-0.05, 0) is 64.1 Å².